The molecule has 3 rings (SSSR count). The molecule has 3 nitrogen and oxygen atoms in total. The zero-order valence-electron chi connectivity index (χ0n) is 10.9. The summed E-state index contributed by atoms with van der Waals surface area (Å²) in [6, 6.07) is 6.24. The molecule has 2 atom stereocenters. The summed E-state index contributed by atoms with van der Waals surface area (Å²) in [5.74, 6) is 0.924. The molecule has 3 heteroatoms. The number of rotatable bonds is 2. The number of carbonyl (C=O) groups excluding carboxylic acids is 1. The van der Waals surface area contributed by atoms with Gasteiger partial charge in [0.2, 0.25) is 0 Å². The predicted molar refractivity (Wildman–Crippen MR) is 67.7 cm³/mol. The second-order valence-electron chi connectivity index (χ2n) is 5.26. The van der Waals surface area contributed by atoms with Crippen LogP contribution >= 0.6 is 0 Å². The topological polar surface area (TPSA) is 35.5 Å². The van der Waals surface area contributed by atoms with Crippen molar-refractivity contribution >= 4 is 5.97 Å². The molecule has 0 amide bonds. The van der Waals surface area contributed by atoms with Gasteiger partial charge in [-0.05, 0) is 32.8 Å². The summed E-state index contributed by atoms with van der Waals surface area (Å²) < 4.78 is 10.8. The summed E-state index contributed by atoms with van der Waals surface area (Å²) in [7, 11) is 0. The van der Waals surface area contributed by atoms with Gasteiger partial charge in [-0.2, -0.15) is 0 Å². The normalized spacial score (nSPS) is 28.4. The highest BCUT2D eigenvalue weighted by Gasteiger charge is 2.61. The molecule has 1 aromatic rings. The quantitative estimate of drug-likeness (QED) is 0.752. The maximum absolute atomic E-state index is 11.9. The van der Waals surface area contributed by atoms with Gasteiger partial charge in [0, 0.05) is 11.0 Å². The minimum Gasteiger partial charge on any atom is -0.493 e. The molecule has 2 unspecified atom stereocenters. The number of esters is 1. The monoisotopic (exact) mass is 246 g/mol. The van der Waals surface area contributed by atoms with E-state index in [9.17, 15) is 4.79 Å². The maximum atomic E-state index is 11.9. The first-order valence-electron chi connectivity index (χ1n) is 6.58. The molecular formula is C15H18O3. The van der Waals surface area contributed by atoms with E-state index in [0.29, 0.717) is 13.2 Å². The van der Waals surface area contributed by atoms with Crippen LogP contribution in [-0.2, 0) is 14.9 Å². The highest BCUT2D eigenvalue weighted by molar-refractivity contribution is 5.80. The Morgan fingerprint density at radius 2 is 2.39 bits per heavy atom. The molecule has 2 aliphatic rings. The summed E-state index contributed by atoms with van der Waals surface area (Å²) in [6.45, 7) is 5.09. The number of hydrogen-bond donors (Lipinski definition) is 0. The molecule has 1 aliphatic heterocycles. The molecule has 0 N–H and O–H groups in total. The van der Waals surface area contributed by atoms with Crippen LogP contribution in [0.25, 0.3) is 0 Å². The fourth-order valence-corrected chi connectivity index (χ4v) is 3.07. The van der Waals surface area contributed by atoms with E-state index in [1.165, 1.54) is 11.1 Å². The van der Waals surface area contributed by atoms with Gasteiger partial charge < -0.3 is 9.47 Å². The smallest absolute Gasteiger partial charge is 0.309 e. The van der Waals surface area contributed by atoms with Crippen LogP contribution in [0.15, 0.2) is 18.2 Å². The first-order chi connectivity index (χ1) is 8.67. The minimum absolute atomic E-state index is 0.00808. The second kappa shape index (κ2) is 4.01. The summed E-state index contributed by atoms with van der Waals surface area (Å²) in [5.41, 5.74) is 2.41. The van der Waals surface area contributed by atoms with Crippen molar-refractivity contribution in [2.75, 3.05) is 13.2 Å². The van der Waals surface area contributed by atoms with Crippen LogP contribution in [0.4, 0.5) is 0 Å². The number of fused-ring (bicyclic) bond motifs is 2. The summed E-state index contributed by atoms with van der Waals surface area (Å²) in [4.78, 5) is 11.9. The van der Waals surface area contributed by atoms with Gasteiger partial charge in [-0.3, -0.25) is 4.79 Å². The van der Waals surface area contributed by atoms with Crippen molar-refractivity contribution in [2.24, 2.45) is 5.92 Å². The van der Waals surface area contributed by atoms with Crippen molar-refractivity contribution in [1.82, 2.24) is 0 Å². The second-order valence-corrected chi connectivity index (χ2v) is 5.26. The van der Waals surface area contributed by atoms with Gasteiger partial charge in [-0.25, -0.2) is 0 Å². The first kappa shape index (κ1) is 11.6. The molecule has 0 aromatic heterocycles. The lowest BCUT2D eigenvalue weighted by molar-refractivity contribution is -0.145. The van der Waals surface area contributed by atoms with Crippen LogP contribution in [0.2, 0.25) is 0 Å². The Balaban J connectivity index is 1.93. The third-order valence-electron chi connectivity index (χ3n) is 4.12. The first-order valence-corrected chi connectivity index (χ1v) is 6.58. The van der Waals surface area contributed by atoms with Crippen LogP contribution in [0.1, 0.15) is 30.9 Å². The van der Waals surface area contributed by atoms with Crippen molar-refractivity contribution in [2.45, 2.75) is 32.1 Å². The third-order valence-corrected chi connectivity index (χ3v) is 4.12. The van der Waals surface area contributed by atoms with Crippen molar-refractivity contribution in [3.63, 3.8) is 0 Å². The minimum atomic E-state index is -0.0492. The van der Waals surface area contributed by atoms with Crippen LogP contribution in [0.5, 0.6) is 5.75 Å². The molecular weight excluding hydrogens is 228 g/mol. The van der Waals surface area contributed by atoms with E-state index in [4.69, 9.17) is 9.47 Å². The number of ether oxygens (including phenoxy) is 2. The average Bonchev–Trinajstić information content (AvgIpc) is 3.06. The zero-order valence-corrected chi connectivity index (χ0v) is 10.9. The Hall–Kier alpha value is -1.51. The van der Waals surface area contributed by atoms with E-state index in [-0.39, 0.29) is 17.3 Å². The fourth-order valence-electron chi connectivity index (χ4n) is 3.07. The summed E-state index contributed by atoms with van der Waals surface area (Å²) >= 11 is 0. The van der Waals surface area contributed by atoms with E-state index in [1.54, 1.807) is 0 Å². The van der Waals surface area contributed by atoms with Crippen LogP contribution in [-0.4, -0.2) is 19.2 Å². The van der Waals surface area contributed by atoms with Crippen LogP contribution in [0, 0.1) is 12.8 Å². The van der Waals surface area contributed by atoms with E-state index in [1.807, 2.05) is 13.0 Å². The van der Waals surface area contributed by atoms with Gasteiger partial charge >= 0.3 is 5.97 Å². The highest BCUT2D eigenvalue weighted by Crippen LogP contribution is 2.61. The van der Waals surface area contributed by atoms with Crippen LogP contribution in [0.3, 0.4) is 0 Å². The number of benzene rings is 1. The molecule has 1 heterocycles. The van der Waals surface area contributed by atoms with E-state index in [2.05, 4.69) is 19.1 Å². The Morgan fingerprint density at radius 3 is 3.17 bits per heavy atom. The number of hydrogen-bond acceptors (Lipinski definition) is 3. The lowest BCUT2D eigenvalue weighted by Crippen LogP contribution is -2.25. The predicted octanol–water partition coefficient (Wildman–Crippen LogP) is 2.60. The van der Waals surface area contributed by atoms with Crippen molar-refractivity contribution in [1.29, 1.82) is 0 Å². The fraction of sp³-hybridized carbons (Fsp3) is 0.533. The van der Waals surface area contributed by atoms with E-state index < -0.39 is 0 Å². The molecule has 1 aromatic carbocycles. The highest BCUT2D eigenvalue weighted by atomic mass is 16.5. The van der Waals surface area contributed by atoms with Gasteiger partial charge in [-0.1, -0.05) is 17.7 Å². The lowest BCUT2D eigenvalue weighted by atomic mass is 9.86. The van der Waals surface area contributed by atoms with Crippen LogP contribution < -0.4 is 4.74 Å². The molecule has 1 spiro atoms. The number of aryl methyl sites for hydroxylation is 1. The molecule has 96 valence electrons. The zero-order chi connectivity index (χ0) is 12.8. The van der Waals surface area contributed by atoms with E-state index in [0.717, 1.165) is 18.6 Å². The third kappa shape index (κ3) is 1.61. The van der Waals surface area contributed by atoms with Crippen molar-refractivity contribution in [3.05, 3.63) is 29.3 Å². The van der Waals surface area contributed by atoms with Gasteiger partial charge in [0.1, 0.15) is 5.75 Å². The Kier molecular flexibility index (Phi) is 2.58. The molecule has 1 fully saturated rings. The van der Waals surface area contributed by atoms with Gasteiger partial charge in [0.25, 0.3) is 0 Å². The number of carbonyl (C=O) groups is 1. The lowest BCUT2D eigenvalue weighted by Gasteiger charge is -2.27. The van der Waals surface area contributed by atoms with Gasteiger partial charge in [0.15, 0.2) is 0 Å². The molecule has 1 saturated carbocycles. The van der Waals surface area contributed by atoms with E-state index >= 15 is 0 Å². The Bertz CT molecular complexity index is 495. The van der Waals surface area contributed by atoms with Gasteiger partial charge in [-0.15, -0.1) is 0 Å². The summed E-state index contributed by atoms with van der Waals surface area (Å²) in [5, 5.41) is 0. The Labute approximate surface area is 107 Å². The van der Waals surface area contributed by atoms with Gasteiger partial charge in [0.05, 0.1) is 19.1 Å². The average molecular weight is 246 g/mol. The van der Waals surface area contributed by atoms with Crippen molar-refractivity contribution < 1.29 is 14.3 Å². The molecule has 0 bridgehead atoms. The van der Waals surface area contributed by atoms with Crippen molar-refractivity contribution in [3.8, 4) is 5.75 Å². The molecule has 0 saturated heterocycles. The Morgan fingerprint density at radius 1 is 1.56 bits per heavy atom. The molecule has 0 radical (unpaired) electrons. The molecule has 18 heavy (non-hydrogen) atoms. The maximum Gasteiger partial charge on any atom is 0.309 e. The summed E-state index contributed by atoms with van der Waals surface area (Å²) in [6.07, 6.45) is 1.83. The standard InChI is InChI=1S/C15H18O3/c1-3-17-14(16)12-9-15(12)6-7-18-13-5-4-10(2)8-11(13)15/h4-5,8,12H,3,6-7,9H2,1-2H3. The molecule has 1 aliphatic carbocycles. The SMILES string of the molecule is CCOC(=O)C1CC12CCOc1ccc(C)cc12. The largest absolute Gasteiger partial charge is 0.493 e.